The van der Waals surface area contributed by atoms with Gasteiger partial charge in [0.25, 0.3) is 5.91 Å². The molecule has 2 heterocycles. The van der Waals surface area contributed by atoms with Crippen molar-refractivity contribution in [1.29, 1.82) is 0 Å². The van der Waals surface area contributed by atoms with Crippen LogP contribution in [0.2, 0.25) is 0 Å². The number of hydrogen-bond acceptors (Lipinski definition) is 3. The minimum atomic E-state index is -4.57. The van der Waals surface area contributed by atoms with Crippen molar-refractivity contribution in [1.82, 2.24) is 15.3 Å². The summed E-state index contributed by atoms with van der Waals surface area (Å²) < 4.78 is 44.1. The Bertz CT molecular complexity index is 1160. The molecule has 0 fully saturated rings. The highest BCUT2D eigenvalue weighted by atomic mass is 19.4. The second-order valence-corrected chi connectivity index (χ2v) is 6.61. The molecule has 0 spiro atoms. The molecule has 2 N–H and O–H groups in total. The van der Waals surface area contributed by atoms with Crippen LogP contribution in [-0.2, 0) is 6.18 Å². The number of aromatic amines is 1. The summed E-state index contributed by atoms with van der Waals surface area (Å²) in [5.74, 6) is -1.29. The number of amides is 1. The molecule has 0 aliphatic rings. The van der Waals surface area contributed by atoms with Crippen LogP contribution >= 0.6 is 0 Å². The van der Waals surface area contributed by atoms with Crippen LogP contribution in [0.4, 0.5) is 13.2 Å². The average molecular weight is 399 g/mol. The highest BCUT2D eigenvalue weighted by Gasteiger charge is 2.34. The van der Waals surface area contributed by atoms with Crippen molar-refractivity contribution in [3.05, 3.63) is 89.1 Å². The lowest BCUT2D eigenvalue weighted by atomic mass is 9.98. The van der Waals surface area contributed by atoms with Crippen molar-refractivity contribution in [2.24, 2.45) is 0 Å². The Morgan fingerprint density at radius 3 is 2.52 bits per heavy atom. The Morgan fingerprint density at radius 2 is 1.86 bits per heavy atom. The molecule has 1 atom stereocenters. The van der Waals surface area contributed by atoms with Gasteiger partial charge >= 0.3 is 6.18 Å². The number of nitrogens with one attached hydrogen (secondary N) is 2. The van der Waals surface area contributed by atoms with Gasteiger partial charge in [0.2, 0.25) is 5.82 Å². The maximum absolute atomic E-state index is 13.0. The smallest absolute Gasteiger partial charge is 0.449 e. The Morgan fingerprint density at radius 1 is 1.10 bits per heavy atom. The maximum atomic E-state index is 13.0. The van der Waals surface area contributed by atoms with Crippen LogP contribution < -0.4 is 5.32 Å². The molecular weight excluding hydrogens is 383 g/mol. The van der Waals surface area contributed by atoms with Crippen LogP contribution in [0.3, 0.4) is 0 Å². The molecule has 5 nitrogen and oxygen atoms in total. The fraction of sp³-hybridized carbons (Fsp3) is 0.143. The molecular formula is C21H16F3N3O2. The Hall–Kier alpha value is -3.55. The standard InChI is InChI=1S/C21H16F3N3O2/c1-12-9-10-29-18(12)19(28)27-17(13-5-3-2-4-6-13)14-7-8-15-16(11-14)26-20(25-15)21(22,23)24/h2-11,17H,1H3,(H,25,26)(H,27,28). The van der Waals surface area contributed by atoms with E-state index in [-0.39, 0.29) is 16.8 Å². The minimum Gasteiger partial charge on any atom is -0.459 e. The predicted octanol–water partition coefficient (Wildman–Crippen LogP) is 5.00. The first-order valence-electron chi connectivity index (χ1n) is 8.79. The van der Waals surface area contributed by atoms with Crippen molar-refractivity contribution >= 4 is 16.9 Å². The summed E-state index contributed by atoms with van der Waals surface area (Å²) in [6, 6.07) is 14.9. The van der Waals surface area contributed by atoms with Crippen LogP contribution in [0.1, 0.15) is 39.1 Å². The van der Waals surface area contributed by atoms with E-state index in [4.69, 9.17) is 4.42 Å². The Kier molecular flexibility index (Phi) is 4.62. The summed E-state index contributed by atoms with van der Waals surface area (Å²) in [5.41, 5.74) is 2.51. The van der Waals surface area contributed by atoms with E-state index in [1.165, 1.54) is 12.3 Å². The molecule has 0 aliphatic heterocycles. The first-order valence-corrected chi connectivity index (χ1v) is 8.79. The molecule has 0 radical (unpaired) electrons. The first kappa shape index (κ1) is 18.8. The van der Waals surface area contributed by atoms with E-state index in [1.54, 1.807) is 25.1 Å². The van der Waals surface area contributed by atoms with E-state index < -0.39 is 23.9 Å². The molecule has 8 heteroatoms. The zero-order chi connectivity index (χ0) is 20.6. The van der Waals surface area contributed by atoms with E-state index in [0.29, 0.717) is 11.1 Å². The van der Waals surface area contributed by atoms with Gasteiger partial charge in [-0.1, -0.05) is 36.4 Å². The number of benzene rings is 2. The van der Waals surface area contributed by atoms with Crippen LogP contribution in [-0.4, -0.2) is 15.9 Å². The van der Waals surface area contributed by atoms with E-state index in [9.17, 15) is 18.0 Å². The van der Waals surface area contributed by atoms with E-state index >= 15 is 0 Å². The average Bonchev–Trinajstić information content (AvgIpc) is 3.32. The van der Waals surface area contributed by atoms with Gasteiger partial charge in [-0.05, 0) is 36.2 Å². The molecule has 148 valence electrons. The topological polar surface area (TPSA) is 70.9 Å². The number of halogens is 3. The van der Waals surface area contributed by atoms with E-state index in [2.05, 4.69) is 15.3 Å². The summed E-state index contributed by atoms with van der Waals surface area (Å²) in [5, 5.41) is 2.91. The molecule has 1 unspecified atom stereocenters. The van der Waals surface area contributed by atoms with Crippen LogP contribution in [0, 0.1) is 6.92 Å². The summed E-state index contributed by atoms with van der Waals surface area (Å²) in [7, 11) is 0. The summed E-state index contributed by atoms with van der Waals surface area (Å²) in [6.45, 7) is 1.76. The second-order valence-electron chi connectivity index (χ2n) is 6.61. The third kappa shape index (κ3) is 3.73. The number of alkyl halides is 3. The summed E-state index contributed by atoms with van der Waals surface area (Å²) >= 11 is 0. The highest BCUT2D eigenvalue weighted by molar-refractivity contribution is 5.93. The molecule has 0 aliphatic carbocycles. The fourth-order valence-corrected chi connectivity index (χ4v) is 3.15. The van der Waals surface area contributed by atoms with Crippen LogP contribution in [0.15, 0.2) is 65.3 Å². The molecule has 2 aromatic carbocycles. The van der Waals surface area contributed by atoms with E-state index in [1.807, 2.05) is 30.3 Å². The van der Waals surface area contributed by atoms with Crippen molar-refractivity contribution in [3.8, 4) is 0 Å². The Balaban J connectivity index is 1.75. The van der Waals surface area contributed by atoms with E-state index in [0.717, 1.165) is 5.56 Å². The largest absolute Gasteiger partial charge is 0.459 e. The number of furan rings is 1. The molecule has 4 rings (SSSR count). The zero-order valence-electron chi connectivity index (χ0n) is 15.2. The molecule has 2 aromatic heterocycles. The lowest BCUT2D eigenvalue weighted by Crippen LogP contribution is -2.29. The SMILES string of the molecule is Cc1ccoc1C(=O)NC(c1ccccc1)c1ccc2nc(C(F)(F)F)[nH]c2c1. The molecule has 1 amide bonds. The molecule has 29 heavy (non-hydrogen) atoms. The summed E-state index contributed by atoms with van der Waals surface area (Å²) in [4.78, 5) is 18.6. The molecule has 4 aromatic rings. The van der Waals surface area contributed by atoms with Crippen molar-refractivity contribution < 1.29 is 22.4 Å². The van der Waals surface area contributed by atoms with Gasteiger partial charge < -0.3 is 14.7 Å². The number of aromatic nitrogens is 2. The van der Waals surface area contributed by atoms with Crippen molar-refractivity contribution in [2.75, 3.05) is 0 Å². The quantitative estimate of drug-likeness (QED) is 0.507. The third-order valence-corrected chi connectivity index (χ3v) is 4.58. The predicted molar refractivity (Wildman–Crippen MR) is 100 cm³/mol. The zero-order valence-corrected chi connectivity index (χ0v) is 15.2. The lowest BCUT2D eigenvalue weighted by molar-refractivity contribution is -0.144. The lowest BCUT2D eigenvalue weighted by Gasteiger charge is -2.19. The molecule has 0 saturated heterocycles. The number of nitrogens with zero attached hydrogens (tertiary/aromatic N) is 1. The minimum absolute atomic E-state index is 0.188. The first-order chi connectivity index (χ1) is 13.8. The number of aryl methyl sites for hydroxylation is 1. The number of imidazole rings is 1. The van der Waals surface area contributed by atoms with Gasteiger partial charge in [-0.2, -0.15) is 13.2 Å². The van der Waals surface area contributed by atoms with Gasteiger partial charge in [0, 0.05) is 5.56 Å². The second kappa shape index (κ2) is 7.12. The van der Waals surface area contributed by atoms with Crippen molar-refractivity contribution in [3.63, 3.8) is 0 Å². The summed E-state index contributed by atoms with van der Waals surface area (Å²) in [6.07, 6.45) is -3.14. The highest BCUT2D eigenvalue weighted by Crippen LogP contribution is 2.30. The van der Waals surface area contributed by atoms with Gasteiger partial charge in [0.05, 0.1) is 23.3 Å². The number of carbonyl (C=O) groups is 1. The normalized spacial score (nSPS) is 12.8. The monoisotopic (exact) mass is 399 g/mol. The van der Waals surface area contributed by atoms with Gasteiger partial charge in [0.1, 0.15) is 0 Å². The van der Waals surface area contributed by atoms with Crippen LogP contribution in [0.5, 0.6) is 0 Å². The van der Waals surface area contributed by atoms with Crippen molar-refractivity contribution in [2.45, 2.75) is 19.1 Å². The molecule has 0 bridgehead atoms. The van der Waals surface area contributed by atoms with Gasteiger partial charge in [-0.25, -0.2) is 4.98 Å². The fourth-order valence-electron chi connectivity index (χ4n) is 3.15. The number of H-pyrrole nitrogens is 1. The molecule has 0 saturated carbocycles. The number of hydrogen-bond donors (Lipinski definition) is 2. The number of rotatable bonds is 4. The number of fused-ring (bicyclic) bond motifs is 1. The van der Waals surface area contributed by atoms with Crippen LogP contribution in [0.25, 0.3) is 11.0 Å². The van der Waals surface area contributed by atoms with Gasteiger partial charge in [0.15, 0.2) is 5.76 Å². The van der Waals surface area contributed by atoms with Gasteiger partial charge in [-0.3, -0.25) is 4.79 Å². The van der Waals surface area contributed by atoms with Gasteiger partial charge in [-0.15, -0.1) is 0 Å². The number of carbonyl (C=O) groups excluding carboxylic acids is 1. The maximum Gasteiger partial charge on any atom is 0.449 e. The third-order valence-electron chi connectivity index (χ3n) is 4.58. The Labute approximate surface area is 163 Å².